The predicted molar refractivity (Wildman–Crippen MR) is 57.7 cm³/mol. The molecule has 14 heavy (non-hydrogen) atoms. The van der Waals surface area contributed by atoms with E-state index in [4.69, 9.17) is 0 Å². The summed E-state index contributed by atoms with van der Waals surface area (Å²) in [5, 5.41) is 3.22. The maximum atomic E-state index is 11.8. The van der Waals surface area contributed by atoms with Crippen molar-refractivity contribution in [1.29, 1.82) is 0 Å². The summed E-state index contributed by atoms with van der Waals surface area (Å²) >= 11 is 0. The Morgan fingerprint density at radius 2 is 2.07 bits per heavy atom. The summed E-state index contributed by atoms with van der Waals surface area (Å²) in [7, 11) is -2.99. The van der Waals surface area contributed by atoms with Crippen molar-refractivity contribution < 1.29 is 8.42 Å². The van der Waals surface area contributed by atoms with Gasteiger partial charge in [0, 0.05) is 19.6 Å². The number of hydrogen-bond donors (Lipinski definition) is 1. The molecular formula is C9H20N2O2S. The molecule has 0 bridgehead atoms. The van der Waals surface area contributed by atoms with Gasteiger partial charge in [0.15, 0.2) is 0 Å². The summed E-state index contributed by atoms with van der Waals surface area (Å²) in [6.07, 6.45) is 0.719. The molecule has 5 heteroatoms. The maximum Gasteiger partial charge on any atom is 0.214 e. The molecule has 0 aromatic rings. The fourth-order valence-corrected chi connectivity index (χ4v) is 3.25. The highest BCUT2D eigenvalue weighted by atomic mass is 32.2. The third kappa shape index (κ3) is 3.55. The minimum absolute atomic E-state index is 0.284. The highest BCUT2D eigenvalue weighted by Gasteiger charge is 2.23. The molecule has 1 fully saturated rings. The van der Waals surface area contributed by atoms with Crippen molar-refractivity contribution in [3.63, 3.8) is 0 Å². The molecule has 0 spiro atoms. The average Bonchev–Trinajstić information content (AvgIpc) is 2.05. The topological polar surface area (TPSA) is 49.4 Å². The summed E-state index contributed by atoms with van der Waals surface area (Å²) in [6.45, 7) is 6.93. The van der Waals surface area contributed by atoms with Crippen molar-refractivity contribution in [2.75, 3.05) is 31.9 Å². The summed E-state index contributed by atoms with van der Waals surface area (Å²) in [5.74, 6) is 0.677. The highest BCUT2D eigenvalue weighted by molar-refractivity contribution is 7.89. The molecule has 1 heterocycles. The van der Waals surface area contributed by atoms with Gasteiger partial charge in [-0.15, -0.1) is 0 Å². The van der Waals surface area contributed by atoms with Crippen LogP contribution in [0.25, 0.3) is 0 Å². The molecule has 1 rings (SSSR count). The van der Waals surface area contributed by atoms with Crippen LogP contribution < -0.4 is 5.32 Å². The summed E-state index contributed by atoms with van der Waals surface area (Å²) in [6, 6.07) is 0. The standard InChI is InChI=1S/C9H20N2O2S/c1-9(2)8-11-6-5-10-4-3-7-14(11,12)13/h9-10H,3-8H2,1-2H3. The smallest absolute Gasteiger partial charge is 0.214 e. The molecule has 0 aliphatic carbocycles. The molecule has 4 nitrogen and oxygen atoms in total. The number of rotatable bonds is 2. The van der Waals surface area contributed by atoms with Gasteiger partial charge >= 0.3 is 0 Å². The minimum atomic E-state index is -2.99. The van der Waals surface area contributed by atoms with E-state index in [2.05, 4.69) is 5.32 Å². The lowest BCUT2D eigenvalue weighted by Gasteiger charge is -2.26. The van der Waals surface area contributed by atoms with Crippen LogP contribution in [0.15, 0.2) is 0 Å². The van der Waals surface area contributed by atoms with Gasteiger partial charge in [0.25, 0.3) is 0 Å². The van der Waals surface area contributed by atoms with Gasteiger partial charge in [-0.3, -0.25) is 0 Å². The van der Waals surface area contributed by atoms with Gasteiger partial charge in [0.2, 0.25) is 10.0 Å². The van der Waals surface area contributed by atoms with Crippen LogP contribution in [-0.2, 0) is 10.0 Å². The van der Waals surface area contributed by atoms with Crippen molar-refractivity contribution in [2.24, 2.45) is 5.92 Å². The predicted octanol–water partition coefficient (Wildman–Crippen LogP) is 0.267. The number of hydrogen-bond acceptors (Lipinski definition) is 3. The summed E-state index contributed by atoms with van der Waals surface area (Å²) in [5.41, 5.74) is 0. The second-order valence-electron chi connectivity index (χ2n) is 4.17. The van der Waals surface area contributed by atoms with E-state index in [1.807, 2.05) is 13.8 Å². The van der Waals surface area contributed by atoms with E-state index < -0.39 is 10.0 Å². The molecule has 0 unspecified atom stereocenters. The maximum absolute atomic E-state index is 11.8. The van der Waals surface area contributed by atoms with Crippen LogP contribution in [0.2, 0.25) is 0 Å². The van der Waals surface area contributed by atoms with Crippen LogP contribution in [0, 0.1) is 5.92 Å². The van der Waals surface area contributed by atoms with Crippen molar-refractivity contribution in [3.05, 3.63) is 0 Å². The Morgan fingerprint density at radius 1 is 1.36 bits per heavy atom. The van der Waals surface area contributed by atoms with E-state index in [1.165, 1.54) is 0 Å². The normalized spacial score (nSPS) is 24.5. The molecule has 84 valence electrons. The lowest BCUT2D eigenvalue weighted by molar-refractivity contribution is 0.357. The van der Waals surface area contributed by atoms with Crippen molar-refractivity contribution in [3.8, 4) is 0 Å². The molecule has 1 saturated heterocycles. The van der Waals surface area contributed by atoms with Gasteiger partial charge in [-0.25, -0.2) is 12.7 Å². The van der Waals surface area contributed by atoms with E-state index >= 15 is 0 Å². The van der Waals surface area contributed by atoms with Gasteiger partial charge in [-0.05, 0) is 18.9 Å². The second kappa shape index (κ2) is 5.09. The number of nitrogens with one attached hydrogen (secondary N) is 1. The Balaban J connectivity index is 2.65. The van der Waals surface area contributed by atoms with Crippen LogP contribution in [0.1, 0.15) is 20.3 Å². The largest absolute Gasteiger partial charge is 0.315 e. The van der Waals surface area contributed by atoms with Crippen LogP contribution in [0.5, 0.6) is 0 Å². The summed E-state index contributed by atoms with van der Waals surface area (Å²) in [4.78, 5) is 0. The number of sulfonamides is 1. The molecule has 0 aromatic heterocycles. The molecule has 0 radical (unpaired) electrons. The Morgan fingerprint density at radius 3 is 2.71 bits per heavy atom. The zero-order chi connectivity index (χ0) is 10.6. The monoisotopic (exact) mass is 220 g/mol. The molecule has 1 aliphatic heterocycles. The quantitative estimate of drug-likeness (QED) is 0.726. The van der Waals surface area contributed by atoms with E-state index in [0.29, 0.717) is 19.0 Å². The SMILES string of the molecule is CC(C)CN1CCNCCCS1(=O)=O. The first kappa shape index (κ1) is 11.9. The lowest BCUT2D eigenvalue weighted by Crippen LogP contribution is -2.43. The van der Waals surface area contributed by atoms with E-state index in [9.17, 15) is 8.42 Å². The molecule has 0 atom stereocenters. The zero-order valence-corrected chi connectivity index (χ0v) is 9.81. The molecule has 1 N–H and O–H groups in total. The summed E-state index contributed by atoms with van der Waals surface area (Å²) < 4.78 is 25.2. The van der Waals surface area contributed by atoms with Crippen molar-refractivity contribution in [2.45, 2.75) is 20.3 Å². The first-order valence-electron chi connectivity index (χ1n) is 5.21. The highest BCUT2D eigenvalue weighted by Crippen LogP contribution is 2.08. The van der Waals surface area contributed by atoms with Crippen molar-refractivity contribution in [1.82, 2.24) is 9.62 Å². The first-order chi connectivity index (χ1) is 6.52. The Labute approximate surface area is 86.7 Å². The van der Waals surface area contributed by atoms with Crippen LogP contribution >= 0.6 is 0 Å². The average molecular weight is 220 g/mol. The molecule has 0 aromatic carbocycles. The van der Waals surface area contributed by atoms with Gasteiger partial charge in [-0.1, -0.05) is 13.8 Å². The Hall–Kier alpha value is -0.130. The molecular weight excluding hydrogens is 200 g/mol. The number of nitrogens with zero attached hydrogens (tertiary/aromatic N) is 1. The van der Waals surface area contributed by atoms with Gasteiger partial charge in [0.1, 0.15) is 0 Å². The van der Waals surface area contributed by atoms with Crippen LogP contribution in [0.3, 0.4) is 0 Å². The van der Waals surface area contributed by atoms with Gasteiger partial charge < -0.3 is 5.32 Å². The Kier molecular flexibility index (Phi) is 4.34. The Bertz CT molecular complexity index is 262. The minimum Gasteiger partial charge on any atom is -0.315 e. The third-order valence-electron chi connectivity index (χ3n) is 2.26. The van der Waals surface area contributed by atoms with E-state index in [-0.39, 0.29) is 5.75 Å². The third-order valence-corrected chi connectivity index (χ3v) is 4.18. The second-order valence-corrected chi connectivity index (χ2v) is 6.26. The fraction of sp³-hybridized carbons (Fsp3) is 1.00. The molecule has 0 amide bonds. The molecule has 1 aliphatic rings. The van der Waals surface area contributed by atoms with Crippen LogP contribution in [-0.4, -0.2) is 44.7 Å². The van der Waals surface area contributed by atoms with Gasteiger partial charge in [-0.2, -0.15) is 0 Å². The lowest BCUT2D eigenvalue weighted by atomic mass is 10.2. The van der Waals surface area contributed by atoms with E-state index in [1.54, 1.807) is 4.31 Å². The zero-order valence-electron chi connectivity index (χ0n) is 8.99. The van der Waals surface area contributed by atoms with Crippen LogP contribution in [0.4, 0.5) is 0 Å². The fourth-order valence-electron chi connectivity index (χ4n) is 1.59. The first-order valence-corrected chi connectivity index (χ1v) is 6.82. The van der Waals surface area contributed by atoms with Crippen molar-refractivity contribution >= 4 is 10.0 Å². The van der Waals surface area contributed by atoms with E-state index in [0.717, 1.165) is 19.5 Å². The molecule has 0 saturated carbocycles. The van der Waals surface area contributed by atoms with Gasteiger partial charge in [0.05, 0.1) is 5.75 Å².